The van der Waals surface area contributed by atoms with Gasteiger partial charge in [-0.25, -0.2) is 0 Å². The molecule has 88 valence electrons. The number of halogens is 4. The zero-order valence-corrected chi connectivity index (χ0v) is 8.82. The maximum absolute atomic E-state index is 12.5. The Labute approximate surface area is 93.9 Å². The molecule has 1 aromatic rings. The minimum Gasteiger partial charge on any atom is -0.495 e. The molecule has 7 heteroatoms. The highest BCUT2D eigenvalue weighted by atomic mass is 35.5. The minimum atomic E-state index is -4.69. The second-order valence-corrected chi connectivity index (χ2v) is 3.30. The lowest BCUT2D eigenvalue weighted by Gasteiger charge is -2.13. The summed E-state index contributed by atoms with van der Waals surface area (Å²) in [5.41, 5.74) is 3.00. The van der Waals surface area contributed by atoms with Gasteiger partial charge in [-0.05, 0) is 12.1 Å². The van der Waals surface area contributed by atoms with Gasteiger partial charge in [0.15, 0.2) is 0 Å². The van der Waals surface area contributed by atoms with Gasteiger partial charge in [0, 0.05) is 0 Å². The van der Waals surface area contributed by atoms with Crippen molar-refractivity contribution in [3.63, 3.8) is 0 Å². The van der Waals surface area contributed by atoms with E-state index < -0.39 is 23.2 Å². The van der Waals surface area contributed by atoms with Crippen LogP contribution in [0.4, 0.5) is 13.2 Å². The second kappa shape index (κ2) is 4.21. The van der Waals surface area contributed by atoms with E-state index in [0.717, 1.165) is 6.07 Å². The van der Waals surface area contributed by atoms with Gasteiger partial charge < -0.3 is 10.5 Å². The van der Waals surface area contributed by atoms with Gasteiger partial charge in [-0.3, -0.25) is 4.79 Å². The summed E-state index contributed by atoms with van der Waals surface area (Å²) in [6.07, 6.45) is -4.69. The molecule has 0 aromatic heterocycles. The standard InChI is InChI=1S/C9H7ClF3NO2/c1-16-7-2-4(8(14)15)5(3-6(7)10)9(11,12)13/h2-3H,1H3,(H2,14,15). The van der Waals surface area contributed by atoms with E-state index in [2.05, 4.69) is 0 Å². The summed E-state index contributed by atoms with van der Waals surface area (Å²) >= 11 is 5.54. The molecule has 0 aliphatic carbocycles. The van der Waals surface area contributed by atoms with E-state index in [1.54, 1.807) is 0 Å². The van der Waals surface area contributed by atoms with E-state index in [9.17, 15) is 18.0 Å². The normalized spacial score (nSPS) is 11.3. The van der Waals surface area contributed by atoms with Gasteiger partial charge >= 0.3 is 6.18 Å². The fourth-order valence-electron chi connectivity index (χ4n) is 1.15. The third-order valence-corrected chi connectivity index (χ3v) is 2.16. The molecule has 1 aromatic carbocycles. The number of ether oxygens (including phenoxy) is 1. The molecule has 16 heavy (non-hydrogen) atoms. The molecule has 0 aliphatic heterocycles. The number of rotatable bonds is 2. The van der Waals surface area contributed by atoms with Crippen LogP contribution in [0.25, 0.3) is 0 Å². The third kappa shape index (κ3) is 2.38. The maximum atomic E-state index is 12.5. The Kier molecular flexibility index (Phi) is 3.32. The number of methoxy groups -OCH3 is 1. The summed E-state index contributed by atoms with van der Waals surface area (Å²) < 4.78 is 42.2. The van der Waals surface area contributed by atoms with Gasteiger partial charge in [-0.2, -0.15) is 13.2 Å². The number of carbonyl (C=O) groups is 1. The van der Waals surface area contributed by atoms with Crippen molar-refractivity contribution in [2.75, 3.05) is 7.11 Å². The zero-order chi connectivity index (χ0) is 12.5. The zero-order valence-electron chi connectivity index (χ0n) is 8.06. The highest BCUT2D eigenvalue weighted by Gasteiger charge is 2.35. The van der Waals surface area contributed by atoms with Crippen molar-refractivity contribution in [1.29, 1.82) is 0 Å². The lowest BCUT2D eigenvalue weighted by atomic mass is 10.1. The fourth-order valence-corrected chi connectivity index (χ4v) is 1.39. The summed E-state index contributed by atoms with van der Waals surface area (Å²) in [5, 5.41) is -0.236. The first-order chi connectivity index (χ1) is 7.27. The average Bonchev–Trinajstić information content (AvgIpc) is 2.15. The Hall–Kier alpha value is -1.43. The lowest BCUT2D eigenvalue weighted by molar-refractivity contribution is -0.137. The number of nitrogens with two attached hydrogens (primary N) is 1. The van der Waals surface area contributed by atoms with Crippen LogP contribution in [0.3, 0.4) is 0 Å². The van der Waals surface area contributed by atoms with E-state index in [4.69, 9.17) is 22.1 Å². The average molecular weight is 254 g/mol. The second-order valence-electron chi connectivity index (χ2n) is 2.89. The molecule has 0 bridgehead atoms. The van der Waals surface area contributed by atoms with Crippen LogP contribution in [0.5, 0.6) is 5.75 Å². The van der Waals surface area contributed by atoms with Gasteiger partial charge in [-0.15, -0.1) is 0 Å². The molecule has 1 rings (SSSR count). The summed E-state index contributed by atoms with van der Waals surface area (Å²) in [4.78, 5) is 10.9. The number of amides is 1. The topological polar surface area (TPSA) is 52.3 Å². The van der Waals surface area contributed by atoms with E-state index in [0.29, 0.717) is 6.07 Å². The van der Waals surface area contributed by atoms with Gasteiger partial charge in [0.2, 0.25) is 5.91 Å². The van der Waals surface area contributed by atoms with Gasteiger partial charge in [0.1, 0.15) is 5.75 Å². The van der Waals surface area contributed by atoms with Crippen molar-refractivity contribution in [2.45, 2.75) is 6.18 Å². The molecule has 0 fully saturated rings. The number of carbonyl (C=O) groups excluding carboxylic acids is 1. The van der Waals surface area contributed by atoms with Crippen molar-refractivity contribution in [1.82, 2.24) is 0 Å². The molecule has 0 spiro atoms. The molecular formula is C9H7ClF3NO2. The predicted octanol–water partition coefficient (Wildman–Crippen LogP) is 2.47. The van der Waals surface area contributed by atoms with Gasteiger partial charge in [0.05, 0.1) is 23.3 Å². The molecule has 0 atom stereocenters. The number of benzene rings is 1. The molecule has 0 radical (unpaired) electrons. The highest BCUT2D eigenvalue weighted by Crippen LogP contribution is 2.37. The van der Waals surface area contributed by atoms with E-state index in [1.165, 1.54) is 7.11 Å². The maximum Gasteiger partial charge on any atom is 0.417 e. The van der Waals surface area contributed by atoms with E-state index in [-0.39, 0.29) is 10.8 Å². The number of primary amides is 1. The summed E-state index contributed by atoms with van der Waals surface area (Å²) in [7, 11) is 1.22. The van der Waals surface area contributed by atoms with Crippen LogP contribution in [0.15, 0.2) is 12.1 Å². The van der Waals surface area contributed by atoms with E-state index in [1.807, 2.05) is 0 Å². The SMILES string of the molecule is COc1cc(C(N)=O)c(C(F)(F)F)cc1Cl. The molecule has 2 N–H and O–H groups in total. The Morgan fingerprint density at radius 3 is 2.38 bits per heavy atom. The van der Waals surface area contributed by atoms with Gasteiger partial charge in [0.25, 0.3) is 0 Å². The van der Waals surface area contributed by atoms with Crippen LogP contribution in [-0.4, -0.2) is 13.0 Å². The largest absolute Gasteiger partial charge is 0.495 e. The molecule has 0 heterocycles. The Morgan fingerprint density at radius 1 is 1.44 bits per heavy atom. The first-order valence-electron chi connectivity index (χ1n) is 4.02. The molecule has 0 aliphatic rings. The van der Waals surface area contributed by atoms with Crippen LogP contribution in [-0.2, 0) is 6.18 Å². The fraction of sp³-hybridized carbons (Fsp3) is 0.222. The lowest BCUT2D eigenvalue weighted by Crippen LogP contribution is -2.19. The molecule has 0 saturated carbocycles. The van der Waals surface area contributed by atoms with Crippen LogP contribution in [0.2, 0.25) is 5.02 Å². The molecule has 1 amide bonds. The van der Waals surface area contributed by atoms with Crippen LogP contribution in [0, 0.1) is 0 Å². The first-order valence-corrected chi connectivity index (χ1v) is 4.39. The van der Waals surface area contributed by atoms with Crippen molar-refractivity contribution >= 4 is 17.5 Å². The highest BCUT2D eigenvalue weighted by molar-refractivity contribution is 6.32. The summed E-state index contributed by atoms with van der Waals surface area (Å²) in [5.74, 6) is -1.23. The Balaban J connectivity index is 3.49. The van der Waals surface area contributed by atoms with Crippen LogP contribution >= 0.6 is 11.6 Å². The smallest absolute Gasteiger partial charge is 0.417 e. The number of hydrogen-bond acceptors (Lipinski definition) is 2. The van der Waals surface area contributed by atoms with Crippen LogP contribution < -0.4 is 10.5 Å². The number of hydrogen-bond donors (Lipinski definition) is 1. The molecule has 3 nitrogen and oxygen atoms in total. The number of alkyl halides is 3. The first kappa shape index (κ1) is 12.6. The third-order valence-electron chi connectivity index (χ3n) is 1.86. The predicted molar refractivity (Wildman–Crippen MR) is 51.5 cm³/mol. The monoisotopic (exact) mass is 253 g/mol. The van der Waals surface area contributed by atoms with E-state index >= 15 is 0 Å². The molecule has 0 unspecified atom stereocenters. The Morgan fingerprint density at radius 2 is 2.00 bits per heavy atom. The van der Waals surface area contributed by atoms with Gasteiger partial charge in [-0.1, -0.05) is 11.6 Å². The van der Waals surface area contributed by atoms with Crippen LogP contribution in [0.1, 0.15) is 15.9 Å². The molecule has 0 saturated heterocycles. The van der Waals surface area contributed by atoms with Crippen molar-refractivity contribution < 1.29 is 22.7 Å². The molecular weight excluding hydrogens is 247 g/mol. The van der Waals surface area contributed by atoms with Crippen molar-refractivity contribution in [2.24, 2.45) is 5.73 Å². The summed E-state index contributed by atoms with van der Waals surface area (Å²) in [6, 6.07) is 1.48. The summed E-state index contributed by atoms with van der Waals surface area (Å²) in [6.45, 7) is 0. The quantitative estimate of drug-likeness (QED) is 0.880. The Bertz CT molecular complexity index is 431. The van der Waals surface area contributed by atoms with Crippen molar-refractivity contribution in [3.05, 3.63) is 28.3 Å². The van der Waals surface area contributed by atoms with Crippen molar-refractivity contribution in [3.8, 4) is 5.75 Å². The minimum absolute atomic E-state index is 0.0385.